The summed E-state index contributed by atoms with van der Waals surface area (Å²) in [7, 11) is 3.59. The number of rotatable bonds is 3. The summed E-state index contributed by atoms with van der Waals surface area (Å²) in [5, 5.41) is 3.12. The van der Waals surface area contributed by atoms with E-state index in [0.717, 1.165) is 17.0 Å². The maximum Gasteiger partial charge on any atom is 0.142 e. The van der Waals surface area contributed by atoms with Crippen molar-refractivity contribution in [3.8, 4) is 5.75 Å². The number of benzene rings is 2. The van der Waals surface area contributed by atoms with Gasteiger partial charge in [0.15, 0.2) is 0 Å². The van der Waals surface area contributed by atoms with Gasteiger partial charge in [0, 0.05) is 7.05 Å². The van der Waals surface area contributed by atoms with Crippen LogP contribution in [0.4, 0.5) is 5.69 Å². The van der Waals surface area contributed by atoms with Crippen molar-refractivity contribution in [3.05, 3.63) is 65.2 Å². The van der Waals surface area contributed by atoms with Crippen molar-refractivity contribution >= 4 is 23.4 Å². The van der Waals surface area contributed by atoms with Crippen molar-refractivity contribution in [1.82, 2.24) is 0 Å². The average Bonchev–Trinajstić information content (AvgIpc) is 2.90. The third kappa shape index (κ3) is 2.21. The Kier molecular flexibility index (Phi) is 3.30. The van der Waals surface area contributed by atoms with Crippen molar-refractivity contribution in [1.29, 1.82) is 0 Å². The molecule has 1 aliphatic carbocycles. The van der Waals surface area contributed by atoms with Crippen LogP contribution in [0.15, 0.2) is 48.5 Å². The number of methoxy groups -OCH3 is 1. The minimum Gasteiger partial charge on any atom is -0.495 e. The Bertz CT molecular complexity index is 698. The van der Waals surface area contributed by atoms with E-state index >= 15 is 0 Å². The van der Waals surface area contributed by atoms with Crippen molar-refractivity contribution in [3.63, 3.8) is 0 Å². The first-order valence-electron chi connectivity index (χ1n) is 6.67. The molecule has 2 aromatic carbocycles. The van der Waals surface area contributed by atoms with Crippen LogP contribution in [-0.4, -0.2) is 14.2 Å². The van der Waals surface area contributed by atoms with Crippen molar-refractivity contribution in [2.45, 2.75) is 0 Å². The molecule has 0 bridgehead atoms. The number of allylic oxidation sites excluding steroid dienone is 2. The van der Waals surface area contributed by atoms with Crippen molar-refractivity contribution in [2.75, 3.05) is 19.5 Å². The monoisotopic (exact) mass is 263 g/mol. The first-order chi connectivity index (χ1) is 9.81. The molecule has 3 rings (SSSR count). The molecule has 0 saturated heterocycles. The predicted molar refractivity (Wildman–Crippen MR) is 85.9 cm³/mol. The Morgan fingerprint density at radius 3 is 2.70 bits per heavy atom. The Labute approximate surface area is 119 Å². The van der Waals surface area contributed by atoms with Gasteiger partial charge in [0.25, 0.3) is 0 Å². The Morgan fingerprint density at radius 1 is 1.05 bits per heavy atom. The molecule has 0 saturated carbocycles. The Hall–Kier alpha value is -2.48. The van der Waals surface area contributed by atoms with Gasteiger partial charge in [-0.05, 0) is 40.5 Å². The van der Waals surface area contributed by atoms with Gasteiger partial charge < -0.3 is 10.1 Å². The molecule has 0 amide bonds. The van der Waals surface area contributed by atoms with Crippen LogP contribution in [0.25, 0.3) is 17.7 Å². The van der Waals surface area contributed by atoms with E-state index in [1.807, 2.05) is 19.2 Å². The third-order valence-electron chi connectivity index (χ3n) is 3.53. The fourth-order valence-corrected chi connectivity index (χ4v) is 2.48. The summed E-state index contributed by atoms with van der Waals surface area (Å²) in [6, 6.07) is 14.6. The quantitative estimate of drug-likeness (QED) is 0.891. The number of fused-ring (bicyclic) bond motifs is 1. The van der Waals surface area contributed by atoms with Crippen LogP contribution in [0.5, 0.6) is 5.75 Å². The molecule has 2 aromatic rings. The summed E-state index contributed by atoms with van der Waals surface area (Å²) in [6.45, 7) is 0. The van der Waals surface area contributed by atoms with Crippen LogP contribution >= 0.6 is 0 Å². The van der Waals surface area contributed by atoms with Gasteiger partial charge in [-0.3, -0.25) is 0 Å². The number of hydrogen-bond donors (Lipinski definition) is 1. The highest BCUT2D eigenvalue weighted by atomic mass is 16.5. The molecule has 0 radical (unpaired) electrons. The molecule has 100 valence electrons. The van der Waals surface area contributed by atoms with E-state index in [4.69, 9.17) is 4.74 Å². The maximum absolute atomic E-state index is 5.40. The zero-order valence-corrected chi connectivity index (χ0v) is 11.7. The van der Waals surface area contributed by atoms with Crippen LogP contribution < -0.4 is 10.1 Å². The zero-order chi connectivity index (χ0) is 13.9. The first kappa shape index (κ1) is 12.5. The fourth-order valence-electron chi connectivity index (χ4n) is 2.48. The molecule has 2 nitrogen and oxygen atoms in total. The van der Waals surface area contributed by atoms with E-state index in [1.54, 1.807) is 7.11 Å². The highest BCUT2D eigenvalue weighted by molar-refractivity contribution is 5.97. The molecule has 0 aliphatic heterocycles. The molecule has 20 heavy (non-hydrogen) atoms. The summed E-state index contributed by atoms with van der Waals surface area (Å²) in [6.07, 6.45) is 6.49. The minimum absolute atomic E-state index is 0.858. The summed E-state index contributed by atoms with van der Waals surface area (Å²) in [4.78, 5) is 0. The topological polar surface area (TPSA) is 21.3 Å². The predicted octanol–water partition coefficient (Wildman–Crippen LogP) is 4.30. The largest absolute Gasteiger partial charge is 0.495 e. The third-order valence-corrected chi connectivity index (χ3v) is 3.53. The van der Waals surface area contributed by atoms with Crippen LogP contribution in [0.3, 0.4) is 0 Å². The highest BCUT2D eigenvalue weighted by Crippen LogP contribution is 2.32. The average molecular weight is 263 g/mol. The second-order valence-corrected chi connectivity index (χ2v) is 4.73. The van der Waals surface area contributed by atoms with Gasteiger partial charge in [0.1, 0.15) is 5.75 Å². The Balaban J connectivity index is 2.00. The molecular formula is C18H17NO. The molecule has 0 unspecified atom stereocenters. The lowest BCUT2D eigenvalue weighted by Crippen LogP contribution is -1.93. The van der Waals surface area contributed by atoms with Gasteiger partial charge in [0.2, 0.25) is 0 Å². The highest BCUT2D eigenvalue weighted by Gasteiger charge is 2.09. The summed E-state index contributed by atoms with van der Waals surface area (Å²) in [5.41, 5.74) is 5.93. The van der Waals surface area contributed by atoms with Gasteiger partial charge in [-0.15, -0.1) is 0 Å². The molecule has 0 spiro atoms. The maximum atomic E-state index is 5.40. The Morgan fingerprint density at radius 2 is 1.90 bits per heavy atom. The standard InChI is InChI=1S/C18H17NO/c1-19-17-10-7-13(12-18(17)20-2)11-15-9-8-14-5-3-4-6-16(14)15/h3-12,19H,1-2H3. The molecule has 0 aromatic heterocycles. The number of nitrogens with one attached hydrogen (secondary N) is 1. The zero-order valence-electron chi connectivity index (χ0n) is 11.7. The van der Waals surface area contributed by atoms with E-state index in [2.05, 4.69) is 53.9 Å². The normalized spacial score (nSPS) is 14.4. The lowest BCUT2D eigenvalue weighted by Gasteiger charge is -2.09. The molecule has 1 N–H and O–H groups in total. The summed E-state index contributed by atoms with van der Waals surface area (Å²) >= 11 is 0. The number of anilines is 1. The fraction of sp³-hybridized carbons (Fsp3) is 0.111. The molecule has 0 heterocycles. The molecular weight excluding hydrogens is 246 g/mol. The van der Waals surface area contributed by atoms with E-state index in [1.165, 1.54) is 16.7 Å². The van der Waals surface area contributed by atoms with Gasteiger partial charge in [-0.25, -0.2) is 0 Å². The van der Waals surface area contributed by atoms with Crippen LogP contribution in [0, 0.1) is 0 Å². The molecule has 2 heteroatoms. The molecule has 1 aliphatic rings. The van der Waals surface area contributed by atoms with E-state index < -0.39 is 0 Å². The smallest absolute Gasteiger partial charge is 0.142 e. The second kappa shape index (κ2) is 5.25. The summed E-state index contributed by atoms with van der Waals surface area (Å²) < 4.78 is 5.40. The van der Waals surface area contributed by atoms with E-state index in [9.17, 15) is 0 Å². The van der Waals surface area contributed by atoms with E-state index in [-0.39, 0.29) is 0 Å². The lowest BCUT2D eigenvalue weighted by molar-refractivity contribution is 0.416. The SMILES string of the molecule is CNc1ccc(C=C2C=Cc3ccccc32)cc1OC. The van der Waals surface area contributed by atoms with Gasteiger partial charge in [0.05, 0.1) is 12.8 Å². The second-order valence-electron chi connectivity index (χ2n) is 4.73. The van der Waals surface area contributed by atoms with Crippen LogP contribution in [0.1, 0.15) is 16.7 Å². The van der Waals surface area contributed by atoms with Crippen molar-refractivity contribution < 1.29 is 4.74 Å². The van der Waals surface area contributed by atoms with Crippen molar-refractivity contribution in [2.24, 2.45) is 0 Å². The van der Waals surface area contributed by atoms with Gasteiger partial charge in [-0.1, -0.05) is 42.5 Å². The first-order valence-corrected chi connectivity index (χ1v) is 6.67. The minimum atomic E-state index is 0.858. The van der Waals surface area contributed by atoms with Gasteiger partial charge >= 0.3 is 0 Å². The molecule has 0 atom stereocenters. The lowest BCUT2D eigenvalue weighted by atomic mass is 10.0. The summed E-state index contributed by atoms with van der Waals surface area (Å²) in [5.74, 6) is 0.858. The van der Waals surface area contributed by atoms with Gasteiger partial charge in [-0.2, -0.15) is 0 Å². The van der Waals surface area contributed by atoms with Crippen LogP contribution in [0.2, 0.25) is 0 Å². The number of ether oxygens (including phenoxy) is 1. The van der Waals surface area contributed by atoms with Crippen LogP contribution in [-0.2, 0) is 0 Å². The number of hydrogen-bond acceptors (Lipinski definition) is 2. The van der Waals surface area contributed by atoms with E-state index in [0.29, 0.717) is 0 Å². The molecule has 0 fully saturated rings.